The number of hydrogen-bond acceptors (Lipinski definition) is 5. The number of nitrogens with zero attached hydrogens (tertiary/aromatic N) is 1. The smallest absolute Gasteiger partial charge is 0.309 e. The van der Waals surface area contributed by atoms with Gasteiger partial charge in [-0.3, -0.25) is 14.4 Å². The molecule has 1 fully saturated rings. The number of hydrogen-bond donors (Lipinski definition) is 2. The van der Waals surface area contributed by atoms with Crippen LogP contribution >= 0.6 is 0 Å². The average molecular weight is 547 g/mol. The summed E-state index contributed by atoms with van der Waals surface area (Å²) in [5, 5.41) is 12.7. The van der Waals surface area contributed by atoms with Crippen molar-refractivity contribution in [3.05, 3.63) is 97.1 Å². The van der Waals surface area contributed by atoms with Crippen LogP contribution in [0.1, 0.15) is 43.2 Å². The quantitative estimate of drug-likeness (QED) is 0.242. The maximum atomic E-state index is 13.4. The molecule has 1 saturated heterocycles. The Labute approximate surface area is 237 Å². The molecule has 0 spiro atoms. The Morgan fingerprint density at radius 1 is 0.950 bits per heavy atom. The molecule has 1 aliphatic heterocycles. The fraction of sp³-hybridized carbons (Fsp3) is 0.424. The molecule has 0 radical (unpaired) electrons. The fourth-order valence-corrected chi connectivity index (χ4v) is 5.20. The lowest BCUT2D eigenvalue weighted by Gasteiger charge is -2.26. The number of allylic oxidation sites excluding steroid dienone is 2. The van der Waals surface area contributed by atoms with Gasteiger partial charge in [0.1, 0.15) is 6.61 Å². The third kappa shape index (κ3) is 9.49. The Kier molecular flexibility index (Phi) is 12.6. The standard InChI is InChI=1S/C33H42N2O5/c1-3-12-27(22-31(37)35-19-11-18-30(35)23-36)32(38)34-29(21-26-16-9-6-10-17-26)24-40-33(39)28(13-4-2)20-25-14-7-5-8-15-25/h3-10,14-17,27-30,36H,1-2,11-13,18-24H2,(H,34,38). The predicted octanol–water partition coefficient (Wildman–Crippen LogP) is 4.26. The zero-order valence-corrected chi connectivity index (χ0v) is 23.3. The highest BCUT2D eigenvalue weighted by atomic mass is 16.5. The second-order valence-electron chi connectivity index (χ2n) is 10.4. The topological polar surface area (TPSA) is 95.9 Å². The molecule has 0 aromatic heterocycles. The van der Waals surface area contributed by atoms with Gasteiger partial charge < -0.3 is 20.1 Å². The minimum absolute atomic E-state index is 0.00929. The second-order valence-corrected chi connectivity index (χ2v) is 10.4. The molecular formula is C33H42N2O5. The van der Waals surface area contributed by atoms with E-state index in [1.807, 2.05) is 60.7 Å². The molecule has 2 N–H and O–H groups in total. The molecule has 2 aromatic carbocycles. The van der Waals surface area contributed by atoms with Crippen molar-refractivity contribution < 1.29 is 24.2 Å². The molecule has 2 aromatic rings. The average Bonchev–Trinajstić information content (AvgIpc) is 3.45. The van der Waals surface area contributed by atoms with E-state index in [-0.39, 0.29) is 49.4 Å². The lowest BCUT2D eigenvalue weighted by atomic mass is 9.96. The molecule has 1 aliphatic rings. The summed E-state index contributed by atoms with van der Waals surface area (Å²) in [6.45, 7) is 8.09. The highest BCUT2D eigenvalue weighted by Crippen LogP contribution is 2.21. The molecule has 2 amide bonds. The highest BCUT2D eigenvalue weighted by Gasteiger charge is 2.32. The van der Waals surface area contributed by atoms with Crippen molar-refractivity contribution in [3.8, 4) is 0 Å². The van der Waals surface area contributed by atoms with Crippen LogP contribution in [0.3, 0.4) is 0 Å². The van der Waals surface area contributed by atoms with Gasteiger partial charge in [-0.05, 0) is 49.7 Å². The molecule has 0 bridgehead atoms. The number of amides is 2. The molecule has 0 aliphatic carbocycles. The zero-order chi connectivity index (χ0) is 28.7. The number of aliphatic hydroxyl groups is 1. The maximum absolute atomic E-state index is 13.4. The van der Waals surface area contributed by atoms with Gasteiger partial charge in [-0.2, -0.15) is 0 Å². The number of carbonyl (C=O) groups is 3. The summed E-state index contributed by atoms with van der Waals surface area (Å²) in [5.41, 5.74) is 2.04. The summed E-state index contributed by atoms with van der Waals surface area (Å²) in [6, 6.07) is 18.8. The van der Waals surface area contributed by atoms with E-state index in [4.69, 9.17) is 4.74 Å². The predicted molar refractivity (Wildman–Crippen MR) is 156 cm³/mol. The lowest BCUT2D eigenvalue weighted by molar-refractivity contribution is -0.149. The van der Waals surface area contributed by atoms with E-state index < -0.39 is 12.0 Å². The maximum Gasteiger partial charge on any atom is 0.309 e. The third-order valence-electron chi connectivity index (χ3n) is 7.36. The van der Waals surface area contributed by atoms with E-state index in [2.05, 4.69) is 18.5 Å². The second kappa shape index (κ2) is 16.4. The molecule has 4 atom stereocenters. The van der Waals surface area contributed by atoms with Crippen LogP contribution in [0.5, 0.6) is 0 Å². The molecular weight excluding hydrogens is 504 g/mol. The number of benzene rings is 2. The molecule has 1 heterocycles. The van der Waals surface area contributed by atoms with E-state index in [0.717, 1.165) is 24.0 Å². The Hall–Kier alpha value is -3.71. The van der Waals surface area contributed by atoms with Crippen LogP contribution in [-0.2, 0) is 32.0 Å². The molecule has 7 heteroatoms. The van der Waals surface area contributed by atoms with Gasteiger partial charge in [0.15, 0.2) is 0 Å². The van der Waals surface area contributed by atoms with E-state index in [1.54, 1.807) is 17.1 Å². The number of aliphatic hydroxyl groups excluding tert-OH is 1. The van der Waals surface area contributed by atoms with Gasteiger partial charge in [-0.25, -0.2) is 0 Å². The molecule has 3 rings (SSSR count). The number of ether oxygens (including phenoxy) is 1. The number of esters is 1. The van der Waals surface area contributed by atoms with Crippen LogP contribution in [0, 0.1) is 11.8 Å². The Bertz CT molecular complexity index is 1100. The zero-order valence-electron chi connectivity index (χ0n) is 23.3. The van der Waals surface area contributed by atoms with Crippen LogP contribution in [0.15, 0.2) is 86.0 Å². The Balaban J connectivity index is 1.68. The number of carbonyl (C=O) groups excluding carboxylic acids is 3. The summed E-state index contributed by atoms with van der Waals surface area (Å²) >= 11 is 0. The van der Waals surface area contributed by atoms with Crippen LogP contribution in [0.25, 0.3) is 0 Å². The van der Waals surface area contributed by atoms with E-state index in [1.165, 1.54) is 0 Å². The summed E-state index contributed by atoms with van der Waals surface area (Å²) in [6.07, 6.45) is 6.83. The Morgan fingerprint density at radius 2 is 1.55 bits per heavy atom. The van der Waals surface area contributed by atoms with Crippen molar-refractivity contribution in [2.45, 2.75) is 57.0 Å². The number of nitrogens with one attached hydrogen (secondary N) is 1. The van der Waals surface area contributed by atoms with Crippen molar-refractivity contribution in [1.82, 2.24) is 10.2 Å². The van der Waals surface area contributed by atoms with Crippen molar-refractivity contribution in [2.75, 3.05) is 19.8 Å². The van der Waals surface area contributed by atoms with Gasteiger partial charge >= 0.3 is 5.97 Å². The number of rotatable bonds is 16. The minimum Gasteiger partial charge on any atom is -0.463 e. The molecule has 4 unspecified atom stereocenters. The van der Waals surface area contributed by atoms with Gasteiger partial charge in [0.05, 0.1) is 30.5 Å². The van der Waals surface area contributed by atoms with E-state index >= 15 is 0 Å². The summed E-state index contributed by atoms with van der Waals surface area (Å²) in [7, 11) is 0. The first-order valence-electron chi connectivity index (χ1n) is 14.1. The lowest BCUT2D eigenvalue weighted by Crippen LogP contribution is -2.45. The summed E-state index contributed by atoms with van der Waals surface area (Å²) in [5.74, 6) is -1.74. The van der Waals surface area contributed by atoms with Gasteiger partial charge in [0.25, 0.3) is 0 Å². The highest BCUT2D eigenvalue weighted by molar-refractivity contribution is 5.86. The van der Waals surface area contributed by atoms with Gasteiger partial charge in [-0.15, -0.1) is 13.2 Å². The molecule has 214 valence electrons. The number of likely N-dealkylation sites (tertiary alicyclic amines) is 1. The fourth-order valence-electron chi connectivity index (χ4n) is 5.20. The molecule has 40 heavy (non-hydrogen) atoms. The molecule has 7 nitrogen and oxygen atoms in total. The Morgan fingerprint density at radius 3 is 2.15 bits per heavy atom. The van der Waals surface area contributed by atoms with Gasteiger partial charge in [-0.1, -0.05) is 72.8 Å². The largest absolute Gasteiger partial charge is 0.463 e. The van der Waals surface area contributed by atoms with Crippen molar-refractivity contribution in [2.24, 2.45) is 11.8 Å². The van der Waals surface area contributed by atoms with E-state index in [0.29, 0.717) is 32.2 Å². The monoisotopic (exact) mass is 546 g/mol. The van der Waals surface area contributed by atoms with Crippen molar-refractivity contribution in [1.29, 1.82) is 0 Å². The van der Waals surface area contributed by atoms with Crippen LogP contribution in [-0.4, -0.2) is 59.6 Å². The first-order chi connectivity index (χ1) is 19.4. The van der Waals surface area contributed by atoms with Crippen molar-refractivity contribution >= 4 is 17.8 Å². The van der Waals surface area contributed by atoms with Crippen LogP contribution in [0.2, 0.25) is 0 Å². The first kappa shape index (κ1) is 30.8. The normalized spacial score (nSPS) is 16.9. The summed E-state index contributed by atoms with van der Waals surface area (Å²) < 4.78 is 5.77. The van der Waals surface area contributed by atoms with Crippen molar-refractivity contribution in [3.63, 3.8) is 0 Å². The van der Waals surface area contributed by atoms with E-state index in [9.17, 15) is 19.5 Å². The van der Waals surface area contributed by atoms with Crippen LogP contribution in [0.4, 0.5) is 0 Å². The third-order valence-corrected chi connectivity index (χ3v) is 7.36. The first-order valence-corrected chi connectivity index (χ1v) is 14.1. The summed E-state index contributed by atoms with van der Waals surface area (Å²) in [4.78, 5) is 41.2. The minimum atomic E-state index is -0.606. The SMILES string of the molecule is C=CCC(CC(=O)N1CCCC1CO)C(=O)NC(COC(=O)C(CC=C)Cc1ccccc1)Cc1ccccc1. The van der Waals surface area contributed by atoms with Gasteiger partial charge in [0.2, 0.25) is 11.8 Å². The van der Waals surface area contributed by atoms with Crippen LogP contribution < -0.4 is 5.32 Å². The van der Waals surface area contributed by atoms with Gasteiger partial charge in [0, 0.05) is 13.0 Å². The molecule has 0 saturated carbocycles.